The van der Waals surface area contributed by atoms with E-state index in [0.29, 0.717) is 31.1 Å². The van der Waals surface area contributed by atoms with Crippen molar-refractivity contribution in [2.24, 2.45) is 11.5 Å². The molecular weight excluding hydrogens is 874 g/mol. The number of aromatic nitrogens is 4. The lowest BCUT2D eigenvalue weighted by atomic mass is 10.0. The maximum atomic E-state index is 13.4. The van der Waals surface area contributed by atoms with E-state index in [-0.39, 0.29) is 17.6 Å². The smallest absolute Gasteiger partial charge is 0.360 e. The number of alkyl halides is 5. The van der Waals surface area contributed by atoms with Gasteiger partial charge in [0.25, 0.3) is 5.92 Å². The van der Waals surface area contributed by atoms with E-state index in [1.54, 1.807) is 24.5 Å². The Morgan fingerprint density at radius 2 is 0.938 bits per heavy atom. The minimum atomic E-state index is -4.35. The van der Waals surface area contributed by atoms with Crippen molar-refractivity contribution in [3.05, 3.63) is 156 Å². The molecule has 2 unspecified atom stereocenters. The number of hydrogen-bond acceptors (Lipinski definition) is 10. The largest absolute Gasteiger partial charge is 0.416 e. The van der Waals surface area contributed by atoms with Gasteiger partial charge >= 0.3 is 6.18 Å². The predicted octanol–water partition coefficient (Wildman–Crippen LogP) is 12.1. The molecule has 0 bridgehead atoms. The summed E-state index contributed by atoms with van der Waals surface area (Å²) >= 11 is 2.92. The van der Waals surface area contributed by atoms with Crippen molar-refractivity contribution in [2.45, 2.75) is 57.8 Å². The van der Waals surface area contributed by atoms with Gasteiger partial charge in [-0.2, -0.15) is 22.0 Å². The van der Waals surface area contributed by atoms with Gasteiger partial charge in [-0.3, -0.25) is 0 Å². The molecule has 0 aliphatic heterocycles. The van der Waals surface area contributed by atoms with Gasteiger partial charge in [-0.25, -0.2) is 28.7 Å². The summed E-state index contributed by atoms with van der Waals surface area (Å²) in [5.74, 6) is -3.89. The van der Waals surface area contributed by atoms with Crippen molar-refractivity contribution in [3.63, 3.8) is 0 Å². The number of rotatable bonds is 13. The minimum absolute atomic E-state index is 0.00838. The Morgan fingerprint density at radius 3 is 1.33 bits per heavy atom. The van der Waals surface area contributed by atoms with E-state index < -0.39 is 29.6 Å². The second-order valence-corrected chi connectivity index (χ2v) is 16.7. The summed E-state index contributed by atoms with van der Waals surface area (Å²) in [5, 5.41) is 11.1. The van der Waals surface area contributed by atoms with Crippen LogP contribution in [0, 0.1) is 11.9 Å². The van der Waals surface area contributed by atoms with Crippen LogP contribution in [-0.2, 0) is 24.9 Å². The summed E-state index contributed by atoms with van der Waals surface area (Å²) in [6.45, 7) is 5.79. The molecule has 8 nitrogen and oxygen atoms in total. The Balaban J connectivity index is 0.000000205. The predicted molar refractivity (Wildman–Crippen MR) is 245 cm³/mol. The molecule has 4 heterocycles. The topological polar surface area (TPSA) is 128 Å². The van der Waals surface area contributed by atoms with E-state index in [1.165, 1.54) is 71.5 Å². The van der Waals surface area contributed by atoms with E-state index in [9.17, 15) is 30.7 Å². The highest BCUT2D eigenvalue weighted by Crippen LogP contribution is 2.33. The van der Waals surface area contributed by atoms with Gasteiger partial charge in [-0.1, -0.05) is 97.2 Å². The number of anilines is 2. The molecular formula is C47H45F7N8S2. The van der Waals surface area contributed by atoms with Crippen molar-refractivity contribution in [3.8, 4) is 20.9 Å². The molecule has 4 aromatic heterocycles. The second kappa shape index (κ2) is 21.1. The van der Waals surface area contributed by atoms with Crippen LogP contribution in [0.2, 0.25) is 0 Å². The molecule has 17 heteroatoms. The van der Waals surface area contributed by atoms with E-state index >= 15 is 0 Å². The Hall–Kier alpha value is -6.01. The number of thiazole rings is 2. The molecule has 8 rings (SSSR count). The van der Waals surface area contributed by atoms with E-state index in [2.05, 4.69) is 30.6 Å². The molecule has 2 atom stereocenters. The Kier molecular flexibility index (Phi) is 15.7. The highest BCUT2D eigenvalue weighted by Gasteiger charge is 2.30. The van der Waals surface area contributed by atoms with Crippen LogP contribution in [0.1, 0.15) is 43.0 Å². The van der Waals surface area contributed by atoms with Gasteiger partial charge in [0.1, 0.15) is 0 Å². The zero-order valence-electron chi connectivity index (χ0n) is 34.9. The van der Waals surface area contributed by atoms with E-state index in [0.717, 1.165) is 77.7 Å². The fraction of sp³-hybridized carbons (Fsp3) is 0.234. The number of nitrogens with zero attached hydrogens (tertiary/aromatic N) is 4. The third-order valence-electron chi connectivity index (χ3n) is 9.73. The highest BCUT2D eigenvalue weighted by molar-refractivity contribution is 7.19. The first-order chi connectivity index (χ1) is 30.6. The van der Waals surface area contributed by atoms with E-state index in [4.69, 9.17) is 11.5 Å². The summed E-state index contributed by atoms with van der Waals surface area (Å²) in [6.07, 6.45) is 3.15. The van der Waals surface area contributed by atoms with Crippen molar-refractivity contribution < 1.29 is 30.7 Å². The third-order valence-corrected chi connectivity index (χ3v) is 11.7. The Labute approximate surface area is 373 Å². The maximum absolute atomic E-state index is 13.4. The van der Waals surface area contributed by atoms with Crippen LogP contribution in [0.25, 0.3) is 42.4 Å². The molecule has 4 aromatic carbocycles. The molecule has 0 spiro atoms. The lowest BCUT2D eigenvalue weighted by Gasteiger charge is -2.14. The first kappa shape index (κ1) is 47.5. The molecule has 0 radical (unpaired) electrons. The number of nitrogens with one attached hydrogen (secondary N) is 2. The number of halogens is 7. The van der Waals surface area contributed by atoms with Gasteiger partial charge < -0.3 is 22.1 Å². The Morgan fingerprint density at radius 1 is 0.531 bits per heavy atom. The van der Waals surface area contributed by atoms with Crippen LogP contribution in [-0.4, -0.2) is 45.1 Å². The van der Waals surface area contributed by atoms with Gasteiger partial charge in [0.15, 0.2) is 10.3 Å². The number of hydrogen-bond donors (Lipinski definition) is 4. The Bertz CT molecular complexity index is 2560. The summed E-state index contributed by atoms with van der Waals surface area (Å²) in [6, 6.07) is 25.0. The minimum Gasteiger partial charge on any atom is -0.360 e. The first-order valence-corrected chi connectivity index (χ1v) is 21.8. The first-order valence-electron chi connectivity index (χ1n) is 20.2. The quantitative estimate of drug-likeness (QED) is 0.0665. The number of benzene rings is 4. The van der Waals surface area contributed by atoms with Crippen LogP contribution in [0.3, 0.4) is 0 Å². The molecule has 0 aliphatic rings. The molecule has 6 N–H and O–H groups in total. The summed E-state index contributed by atoms with van der Waals surface area (Å²) in [4.78, 5) is 17.9. The van der Waals surface area contributed by atoms with Crippen molar-refractivity contribution in [1.82, 2.24) is 19.9 Å². The van der Waals surface area contributed by atoms with Gasteiger partial charge in [0, 0.05) is 85.4 Å². The molecule has 0 aliphatic carbocycles. The lowest BCUT2D eigenvalue weighted by Crippen LogP contribution is -2.31. The van der Waals surface area contributed by atoms with Crippen LogP contribution in [0.15, 0.2) is 122 Å². The molecule has 334 valence electrons. The standard InChI is InChI=1S/C23H21F3N4S.C22H18F4N4S.C2H6/c1-23(25,26)18-6-2-14(3-7-18)8-19(27)12-29-22-30-13-20(31-22)15-4-5-16-11-28-21(24)10-17(16)9-15;23-20-9-16-8-14(3-4-15(16)10-28-20)19-12-30-21(31-19)29-11-18(27)7-13-1-5-17(6-2-13)22(24,25)26;1-2/h2-7,9-11,13,19H,8,12,27H2,1H3,(H,29,30);1-6,8-10,12,18H,7,11,27H2,(H,29,30);1-2H3. The average Bonchev–Trinajstić information content (AvgIpc) is 3.96. The van der Waals surface area contributed by atoms with Gasteiger partial charge in [0.2, 0.25) is 11.9 Å². The monoisotopic (exact) mass is 918 g/mol. The van der Waals surface area contributed by atoms with Gasteiger partial charge in [-0.15, -0.1) is 0 Å². The van der Waals surface area contributed by atoms with Crippen molar-refractivity contribution in [1.29, 1.82) is 0 Å². The van der Waals surface area contributed by atoms with Crippen LogP contribution in [0.4, 0.5) is 41.0 Å². The zero-order chi connectivity index (χ0) is 46.0. The van der Waals surface area contributed by atoms with Crippen LogP contribution >= 0.6 is 22.7 Å². The summed E-state index contributed by atoms with van der Waals surface area (Å²) in [7, 11) is 0. The molecule has 0 amide bonds. The number of pyridine rings is 2. The molecule has 0 fully saturated rings. The normalized spacial score (nSPS) is 12.5. The van der Waals surface area contributed by atoms with Gasteiger partial charge in [-0.05, 0) is 70.1 Å². The fourth-order valence-corrected chi connectivity index (χ4v) is 8.10. The number of fused-ring (bicyclic) bond motifs is 2. The highest BCUT2D eigenvalue weighted by atomic mass is 32.1. The summed E-state index contributed by atoms with van der Waals surface area (Å²) in [5.41, 5.74) is 15.1. The molecule has 64 heavy (non-hydrogen) atoms. The van der Waals surface area contributed by atoms with Gasteiger partial charge in [0.05, 0.1) is 15.3 Å². The lowest BCUT2D eigenvalue weighted by molar-refractivity contribution is -0.137. The second-order valence-electron chi connectivity index (χ2n) is 14.7. The maximum Gasteiger partial charge on any atom is 0.416 e. The average molecular weight is 919 g/mol. The zero-order valence-corrected chi connectivity index (χ0v) is 36.6. The van der Waals surface area contributed by atoms with Crippen molar-refractivity contribution in [2.75, 3.05) is 23.7 Å². The summed E-state index contributed by atoms with van der Waals surface area (Å²) < 4.78 is 91.4. The van der Waals surface area contributed by atoms with E-state index in [1.807, 2.05) is 50.2 Å². The molecule has 8 aromatic rings. The molecule has 0 saturated carbocycles. The van der Waals surface area contributed by atoms with Crippen LogP contribution in [0.5, 0.6) is 0 Å². The molecule has 0 saturated heterocycles. The SMILES string of the molecule is CC.CC(F)(F)c1ccc(CC(N)CNc2ncc(-c3ccc4cnc(F)cc4c3)s2)cc1.NC(CNc1ncc(-c2ccc3cnc(F)cc3c2)s1)Cc1ccc(C(F)(F)F)cc1. The third kappa shape index (κ3) is 13.0. The van der Waals surface area contributed by atoms with Crippen LogP contribution < -0.4 is 22.1 Å². The fourth-order valence-electron chi connectivity index (χ4n) is 6.46. The number of nitrogens with two attached hydrogens (primary N) is 2. The van der Waals surface area contributed by atoms with Crippen molar-refractivity contribution >= 4 is 54.5 Å².